The average molecular weight is 432 g/mol. The van der Waals surface area contributed by atoms with E-state index >= 15 is 0 Å². The Labute approximate surface area is 183 Å². The smallest absolute Gasteiger partial charge is 0.278 e. The van der Waals surface area contributed by atoms with Crippen molar-refractivity contribution in [2.45, 2.75) is 12.1 Å². The van der Waals surface area contributed by atoms with E-state index in [2.05, 4.69) is 21.5 Å². The molecule has 0 atom stereocenters. The van der Waals surface area contributed by atoms with Crippen molar-refractivity contribution in [3.8, 4) is 5.69 Å². The molecule has 1 N–H and O–H groups in total. The standard InChI is InChI=1S/C23H21N5O2S/c1-3-13-27(17-7-5-4-6-8-17)19(29)14-31-23-26-20-21(24-15-25-22(20)30)28(23)18-11-9-16(2)10-12-18/h3-12,15H,1,13-14H2,2H3,(H,24,25,30). The maximum atomic E-state index is 13.0. The zero-order chi connectivity index (χ0) is 21.8. The lowest BCUT2D eigenvalue weighted by atomic mass is 10.2. The lowest BCUT2D eigenvalue weighted by Crippen LogP contribution is -2.32. The van der Waals surface area contributed by atoms with Gasteiger partial charge in [-0.25, -0.2) is 9.97 Å². The number of hydrogen-bond donors (Lipinski definition) is 1. The molecular formula is C23H21N5O2S. The van der Waals surface area contributed by atoms with Gasteiger partial charge in [0.15, 0.2) is 16.3 Å². The number of carbonyl (C=O) groups is 1. The number of benzene rings is 2. The Kier molecular flexibility index (Phi) is 5.99. The van der Waals surface area contributed by atoms with Gasteiger partial charge in [0.1, 0.15) is 0 Å². The summed E-state index contributed by atoms with van der Waals surface area (Å²) in [6.45, 7) is 6.17. The fourth-order valence-corrected chi connectivity index (χ4v) is 4.08. The number of anilines is 1. The van der Waals surface area contributed by atoms with Crippen LogP contribution in [-0.2, 0) is 4.79 Å². The van der Waals surface area contributed by atoms with E-state index in [4.69, 9.17) is 0 Å². The van der Waals surface area contributed by atoms with Gasteiger partial charge in [0.25, 0.3) is 5.56 Å². The first-order chi connectivity index (χ1) is 15.1. The second-order valence-electron chi connectivity index (χ2n) is 6.89. The Morgan fingerprint density at radius 2 is 1.94 bits per heavy atom. The number of aromatic amines is 1. The van der Waals surface area contributed by atoms with Crippen molar-refractivity contribution >= 4 is 34.5 Å². The number of aromatic nitrogens is 4. The number of H-pyrrole nitrogens is 1. The van der Waals surface area contributed by atoms with Crippen molar-refractivity contribution in [1.82, 2.24) is 19.5 Å². The molecule has 0 radical (unpaired) electrons. The first kappa shape index (κ1) is 20.6. The van der Waals surface area contributed by atoms with E-state index in [1.807, 2.05) is 66.1 Å². The summed E-state index contributed by atoms with van der Waals surface area (Å²) in [5, 5.41) is 0.531. The molecule has 0 spiro atoms. The van der Waals surface area contributed by atoms with Crippen LogP contribution in [0.2, 0.25) is 0 Å². The fraction of sp³-hybridized carbons (Fsp3) is 0.130. The molecule has 31 heavy (non-hydrogen) atoms. The molecule has 0 aliphatic carbocycles. The highest BCUT2D eigenvalue weighted by molar-refractivity contribution is 7.99. The summed E-state index contributed by atoms with van der Waals surface area (Å²) in [7, 11) is 0. The lowest BCUT2D eigenvalue weighted by Gasteiger charge is -2.21. The van der Waals surface area contributed by atoms with Crippen LogP contribution in [0.5, 0.6) is 0 Å². The van der Waals surface area contributed by atoms with E-state index in [0.29, 0.717) is 17.3 Å². The number of amides is 1. The molecule has 1 amide bonds. The van der Waals surface area contributed by atoms with Crippen LogP contribution >= 0.6 is 11.8 Å². The van der Waals surface area contributed by atoms with Crippen LogP contribution in [0.1, 0.15) is 5.56 Å². The van der Waals surface area contributed by atoms with Crippen molar-refractivity contribution in [3.05, 3.63) is 89.5 Å². The second-order valence-corrected chi connectivity index (χ2v) is 7.83. The third kappa shape index (κ3) is 4.29. The van der Waals surface area contributed by atoms with Gasteiger partial charge in [-0.15, -0.1) is 6.58 Å². The number of thioether (sulfide) groups is 1. The molecule has 4 aromatic rings. The molecule has 0 aliphatic heterocycles. The lowest BCUT2D eigenvalue weighted by molar-refractivity contribution is -0.116. The van der Waals surface area contributed by atoms with Gasteiger partial charge in [-0.05, 0) is 31.2 Å². The minimum absolute atomic E-state index is 0.0829. The molecule has 0 aliphatic rings. The zero-order valence-corrected chi connectivity index (χ0v) is 17.8. The topological polar surface area (TPSA) is 83.9 Å². The number of aryl methyl sites for hydroxylation is 1. The Bertz CT molecular complexity index is 1280. The molecule has 0 saturated carbocycles. The predicted molar refractivity (Wildman–Crippen MR) is 124 cm³/mol. The molecule has 0 saturated heterocycles. The minimum atomic E-state index is -0.318. The zero-order valence-electron chi connectivity index (χ0n) is 17.0. The number of nitrogens with one attached hydrogen (secondary N) is 1. The minimum Gasteiger partial charge on any atom is -0.311 e. The average Bonchev–Trinajstić information content (AvgIpc) is 3.17. The Morgan fingerprint density at radius 1 is 1.19 bits per heavy atom. The van der Waals surface area contributed by atoms with Crippen LogP contribution in [0.3, 0.4) is 0 Å². The first-order valence-corrected chi connectivity index (χ1v) is 10.7. The Hall–Kier alpha value is -3.65. The number of carbonyl (C=O) groups excluding carboxylic acids is 1. The summed E-state index contributed by atoms with van der Waals surface area (Å²) in [6, 6.07) is 17.3. The molecule has 2 aromatic carbocycles. The highest BCUT2D eigenvalue weighted by Gasteiger charge is 2.20. The van der Waals surface area contributed by atoms with Gasteiger partial charge in [-0.1, -0.05) is 53.7 Å². The van der Waals surface area contributed by atoms with E-state index in [1.54, 1.807) is 11.0 Å². The molecule has 2 aromatic heterocycles. The van der Waals surface area contributed by atoms with E-state index in [-0.39, 0.29) is 22.7 Å². The molecule has 0 unspecified atom stereocenters. The number of hydrogen-bond acceptors (Lipinski definition) is 5. The maximum absolute atomic E-state index is 13.0. The van der Waals surface area contributed by atoms with Crippen molar-refractivity contribution in [2.75, 3.05) is 17.2 Å². The number of imidazole rings is 1. The van der Waals surface area contributed by atoms with Crippen molar-refractivity contribution < 1.29 is 4.79 Å². The quantitative estimate of drug-likeness (QED) is 0.356. The first-order valence-electron chi connectivity index (χ1n) is 9.71. The van der Waals surface area contributed by atoms with E-state index in [0.717, 1.165) is 16.9 Å². The van der Waals surface area contributed by atoms with Gasteiger partial charge in [0.2, 0.25) is 5.91 Å². The van der Waals surface area contributed by atoms with E-state index in [1.165, 1.54) is 18.1 Å². The van der Waals surface area contributed by atoms with Crippen molar-refractivity contribution in [3.63, 3.8) is 0 Å². The number of rotatable bonds is 7. The highest BCUT2D eigenvalue weighted by atomic mass is 32.2. The molecular weight excluding hydrogens is 410 g/mol. The molecule has 8 heteroatoms. The van der Waals surface area contributed by atoms with Gasteiger partial charge >= 0.3 is 0 Å². The fourth-order valence-electron chi connectivity index (χ4n) is 3.20. The summed E-state index contributed by atoms with van der Waals surface area (Å²) >= 11 is 1.27. The van der Waals surface area contributed by atoms with Crippen LogP contribution in [-0.4, -0.2) is 37.7 Å². The van der Waals surface area contributed by atoms with Crippen LogP contribution in [0.15, 0.2) is 83.5 Å². The normalized spacial score (nSPS) is 10.9. The summed E-state index contributed by atoms with van der Waals surface area (Å²) in [4.78, 5) is 38.3. The third-order valence-corrected chi connectivity index (χ3v) is 5.64. The molecule has 0 fully saturated rings. The third-order valence-electron chi connectivity index (χ3n) is 4.72. The molecule has 2 heterocycles. The van der Waals surface area contributed by atoms with Crippen LogP contribution in [0.4, 0.5) is 5.69 Å². The Morgan fingerprint density at radius 3 is 2.65 bits per heavy atom. The van der Waals surface area contributed by atoms with Gasteiger partial charge in [-0.3, -0.25) is 14.2 Å². The SMILES string of the molecule is C=CCN(C(=O)CSc1nc2c(=O)[nH]cnc2n1-c1ccc(C)cc1)c1ccccc1. The molecule has 156 valence electrons. The number of fused-ring (bicyclic) bond motifs is 1. The van der Waals surface area contributed by atoms with Crippen molar-refractivity contribution in [1.29, 1.82) is 0 Å². The van der Waals surface area contributed by atoms with Gasteiger partial charge < -0.3 is 9.88 Å². The van der Waals surface area contributed by atoms with E-state index in [9.17, 15) is 9.59 Å². The Balaban J connectivity index is 1.68. The largest absolute Gasteiger partial charge is 0.311 e. The van der Waals surface area contributed by atoms with Crippen LogP contribution < -0.4 is 10.5 Å². The van der Waals surface area contributed by atoms with Crippen LogP contribution in [0, 0.1) is 6.92 Å². The summed E-state index contributed by atoms with van der Waals surface area (Å²) in [5.41, 5.74) is 3.12. The molecule has 4 rings (SSSR count). The van der Waals surface area contributed by atoms with Gasteiger partial charge in [-0.2, -0.15) is 0 Å². The maximum Gasteiger partial charge on any atom is 0.278 e. The summed E-state index contributed by atoms with van der Waals surface area (Å²) < 4.78 is 1.81. The second kappa shape index (κ2) is 9.01. The molecule has 7 nitrogen and oxygen atoms in total. The monoisotopic (exact) mass is 431 g/mol. The van der Waals surface area contributed by atoms with Crippen molar-refractivity contribution in [2.24, 2.45) is 0 Å². The van der Waals surface area contributed by atoms with Gasteiger partial charge in [0.05, 0.1) is 12.1 Å². The predicted octanol–water partition coefficient (Wildman–Crippen LogP) is 3.73. The summed E-state index contributed by atoms with van der Waals surface area (Å²) in [5.74, 6) is 0.0657. The highest BCUT2D eigenvalue weighted by Crippen LogP contribution is 2.26. The van der Waals surface area contributed by atoms with Gasteiger partial charge in [0, 0.05) is 17.9 Å². The molecule has 0 bridgehead atoms. The summed E-state index contributed by atoms with van der Waals surface area (Å²) in [6.07, 6.45) is 3.05. The number of nitrogens with zero attached hydrogens (tertiary/aromatic N) is 4. The van der Waals surface area contributed by atoms with Crippen LogP contribution in [0.25, 0.3) is 16.9 Å². The van der Waals surface area contributed by atoms with E-state index < -0.39 is 0 Å². The number of para-hydroxylation sites is 1.